The Bertz CT molecular complexity index is 512. The minimum Gasteiger partial charge on any atom is -0.369 e. The summed E-state index contributed by atoms with van der Waals surface area (Å²) in [5.74, 6) is 1.25. The molecule has 0 saturated heterocycles. The summed E-state index contributed by atoms with van der Waals surface area (Å²) in [6.45, 7) is 3.05. The summed E-state index contributed by atoms with van der Waals surface area (Å²) in [6.07, 6.45) is 6.22. The summed E-state index contributed by atoms with van der Waals surface area (Å²) in [5.41, 5.74) is 0. The molecule has 0 amide bonds. The Kier molecular flexibility index (Phi) is 4.76. The van der Waals surface area contributed by atoms with Crippen molar-refractivity contribution in [3.63, 3.8) is 0 Å². The van der Waals surface area contributed by atoms with Crippen LogP contribution in [0.2, 0.25) is 0 Å². The van der Waals surface area contributed by atoms with E-state index in [0.717, 1.165) is 18.8 Å². The molecular formula is C13H21N3O2S. The van der Waals surface area contributed by atoms with Gasteiger partial charge in [-0.05, 0) is 37.8 Å². The number of rotatable bonds is 8. The van der Waals surface area contributed by atoms with Crippen molar-refractivity contribution in [2.45, 2.75) is 37.5 Å². The quantitative estimate of drug-likeness (QED) is 0.716. The first-order valence-electron chi connectivity index (χ1n) is 6.82. The molecule has 1 aromatic rings. The minimum atomic E-state index is -3.47. The maximum absolute atomic E-state index is 12.2. The zero-order valence-electron chi connectivity index (χ0n) is 11.2. The molecule has 0 radical (unpaired) electrons. The molecule has 0 unspecified atom stereocenters. The highest BCUT2D eigenvalue weighted by Gasteiger charge is 2.22. The highest BCUT2D eigenvalue weighted by Crippen LogP contribution is 2.33. The van der Waals surface area contributed by atoms with E-state index in [1.54, 1.807) is 18.3 Å². The van der Waals surface area contributed by atoms with E-state index in [2.05, 4.69) is 15.0 Å². The maximum Gasteiger partial charge on any atom is 0.244 e. The van der Waals surface area contributed by atoms with E-state index in [-0.39, 0.29) is 4.90 Å². The van der Waals surface area contributed by atoms with Gasteiger partial charge in [-0.2, -0.15) is 0 Å². The van der Waals surface area contributed by atoms with E-state index in [4.69, 9.17) is 0 Å². The molecule has 0 spiro atoms. The lowest BCUT2D eigenvalue weighted by Gasteiger charge is -2.11. The molecule has 1 fully saturated rings. The van der Waals surface area contributed by atoms with Crippen molar-refractivity contribution in [3.05, 3.63) is 18.3 Å². The molecule has 19 heavy (non-hydrogen) atoms. The van der Waals surface area contributed by atoms with Crippen LogP contribution in [0.5, 0.6) is 0 Å². The van der Waals surface area contributed by atoms with Gasteiger partial charge in [0.15, 0.2) is 0 Å². The van der Waals surface area contributed by atoms with Crippen molar-refractivity contribution >= 4 is 15.8 Å². The average Bonchev–Trinajstić information content (AvgIpc) is 3.20. The third kappa shape index (κ3) is 4.18. The second-order valence-electron chi connectivity index (χ2n) is 4.86. The van der Waals surface area contributed by atoms with Crippen molar-refractivity contribution in [1.29, 1.82) is 0 Å². The van der Waals surface area contributed by atoms with E-state index in [9.17, 15) is 8.42 Å². The number of hydrogen-bond acceptors (Lipinski definition) is 4. The number of aromatic nitrogens is 1. The smallest absolute Gasteiger partial charge is 0.244 e. The Morgan fingerprint density at radius 2 is 2.21 bits per heavy atom. The Labute approximate surface area is 114 Å². The summed E-state index contributed by atoms with van der Waals surface area (Å²) in [5, 5.41) is 2.97. The average molecular weight is 283 g/mol. The van der Waals surface area contributed by atoms with Crippen LogP contribution in [0.25, 0.3) is 0 Å². The van der Waals surface area contributed by atoms with Crippen LogP contribution in [0.15, 0.2) is 23.2 Å². The molecule has 5 nitrogen and oxygen atoms in total. The van der Waals surface area contributed by atoms with Gasteiger partial charge in [-0.25, -0.2) is 18.1 Å². The molecule has 2 N–H and O–H groups in total. The zero-order chi connectivity index (χ0) is 13.7. The Hall–Kier alpha value is -1.14. The van der Waals surface area contributed by atoms with E-state index in [0.29, 0.717) is 18.9 Å². The largest absolute Gasteiger partial charge is 0.369 e. The van der Waals surface area contributed by atoms with Crippen molar-refractivity contribution in [2.75, 3.05) is 18.4 Å². The predicted octanol–water partition coefficient (Wildman–Crippen LogP) is 1.98. The van der Waals surface area contributed by atoms with Crippen LogP contribution < -0.4 is 10.0 Å². The highest BCUT2D eigenvalue weighted by molar-refractivity contribution is 7.89. The molecule has 106 valence electrons. The Morgan fingerprint density at radius 1 is 1.42 bits per heavy atom. The molecule has 0 aliphatic heterocycles. The van der Waals surface area contributed by atoms with Crippen LogP contribution >= 0.6 is 0 Å². The molecule has 0 aromatic carbocycles. The van der Waals surface area contributed by atoms with Crippen LogP contribution in [0.4, 0.5) is 5.82 Å². The number of anilines is 1. The number of hydrogen-bond donors (Lipinski definition) is 2. The lowest BCUT2D eigenvalue weighted by molar-refractivity contribution is 0.572. The Balaban J connectivity index is 1.96. The van der Waals surface area contributed by atoms with Gasteiger partial charge < -0.3 is 5.32 Å². The van der Waals surface area contributed by atoms with Gasteiger partial charge in [0.05, 0.1) is 0 Å². The molecule has 1 aliphatic carbocycles. The van der Waals surface area contributed by atoms with Crippen molar-refractivity contribution in [3.8, 4) is 0 Å². The van der Waals surface area contributed by atoms with E-state index < -0.39 is 10.0 Å². The van der Waals surface area contributed by atoms with Crippen LogP contribution in [-0.4, -0.2) is 26.5 Å². The predicted molar refractivity (Wildman–Crippen MR) is 75.5 cm³/mol. The third-order valence-corrected chi connectivity index (χ3v) is 4.68. The second kappa shape index (κ2) is 6.34. The van der Waals surface area contributed by atoms with Crippen LogP contribution in [0, 0.1) is 5.92 Å². The fraction of sp³-hybridized carbons (Fsp3) is 0.615. The number of nitrogens with zero attached hydrogens (tertiary/aromatic N) is 1. The summed E-state index contributed by atoms with van der Waals surface area (Å²) in [7, 11) is -3.47. The minimum absolute atomic E-state index is 0.225. The lowest BCUT2D eigenvalue weighted by Crippen LogP contribution is -2.26. The van der Waals surface area contributed by atoms with E-state index >= 15 is 0 Å². The van der Waals surface area contributed by atoms with Crippen molar-refractivity contribution in [2.24, 2.45) is 5.92 Å². The zero-order valence-corrected chi connectivity index (χ0v) is 12.0. The molecule has 2 rings (SSSR count). The van der Waals surface area contributed by atoms with Gasteiger partial charge in [-0.15, -0.1) is 0 Å². The van der Waals surface area contributed by atoms with Crippen LogP contribution in [0.1, 0.15) is 32.6 Å². The maximum atomic E-state index is 12.2. The topological polar surface area (TPSA) is 71.1 Å². The van der Waals surface area contributed by atoms with Crippen LogP contribution in [0.3, 0.4) is 0 Å². The van der Waals surface area contributed by atoms with Gasteiger partial charge in [0.2, 0.25) is 10.0 Å². The van der Waals surface area contributed by atoms with Gasteiger partial charge in [-0.1, -0.05) is 12.8 Å². The molecular weight excluding hydrogens is 262 g/mol. The molecule has 1 saturated carbocycles. The number of nitrogens with one attached hydrogen (secondary N) is 2. The summed E-state index contributed by atoms with van der Waals surface area (Å²) >= 11 is 0. The molecule has 1 aromatic heterocycles. The summed E-state index contributed by atoms with van der Waals surface area (Å²) in [4.78, 5) is 4.30. The van der Waals surface area contributed by atoms with E-state index in [1.165, 1.54) is 12.8 Å². The van der Waals surface area contributed by atoms with Gasteiger partial charge in [0.1, 0.15) is 10.7 Å². The highest BCUT2D eigenvalue weighted by atomic mass is 32.2. The number of sulfonamides is 1. The molecule has 1 aliphatic rings. The molecule has 0 atom stereocenters. The monoisotopic (exact) mass is 283 g/mol. The first-order valence-corrected chi connectivity index (χ1v) is 8.30. The second-order valence-corrected chi connectivity index (χ2v) is 6.60. The number of pyridine rings is 1. The fourth-order valence-electron chi connectivity index (χ4n) is 1.99. The van der Waals surface area contributed by atoms with Crippen LogP contribution in [-0.2, 0) is 10.0 Å². The van der Waals surface area contributed by atoms with Gasteiger partial charge in [0.25, 0.3) is 0 Å². The third-order valence-electron chi connectivity index (χ3n) is 3.18. The Morgan fingerprint density at radius 3 is 2.89 bits per heavy atom. The molecule has 6 heteroatoms. The van der Waals surface area contributed by atoms with Gasteiger partial charge >= 0.3 is 0 Å². The first-order chi connectivity index (χ1) is 9.13. The van der Waals surface area contributed by atoms with E-state index in [1.807, 2.05) is 6.92 Å². The SMILES string of the molecule is CCNc1ncccc1S(=O)(=O)NCCCC1CC1. The molecule has 1 heterocycles. The lowest BCUT2D eigenvalue weighted by atomic mass is 10.2. The normalized spacial score (nSPS) is 15.4. The fourth-order valence-corrected chi connectivity index (χ4v) is 3.19. The standard InChI is InChI=1S/C13H21N3O2S/c1-2-14-13-12(6-4-9-15-13)19(17,18)16-10-3-5-11-7-8-11/h4,6,9,11,16H,2-3,5,7-8,10H2,1H3,(H,14,15). The van der Waals surface area contributed by atoms with Gasteiger partial charge in [-0.3, -0.25) is 0 Å². The van der Waals surface area contributed by atoms with Gasteiger partial charge in [0, 0.05) is 19.3 Å². The molecule has 0 bridgehead atoms. The summed E-state index contributed by atoms with van der Waals surface area (Å²) in [6, 6.07) is 3.22. The van der Waals surface area contributed by atoms with Crippen molar-refractivity contribution in [1.82, 2.24) is 9.71 Å². The summed E-state index contributed by atoms with van der Waals surface area (Å²) < 4.78 is 27.0. The van der Waals surface area contributed by atoms with Crippen molar-refractivity contribution < 1.29 is 8.42 Å². The first kappa shape index (κ1) is 14.3.